The quantitative estimate of drug-likeness (QED) is 0.931. The zero-order chi connectivity index (χ0) is 15.6. The smallest absolute Gasteiger partial charge is 0.272 e. The lowest BCUT2D eigenvalue weighted by Crippen LogP contribution is -2.34. The van der Waals surface area contributed by atoms with Gasteiger partial charge in [0.1, 0.15) is 5.69 Å². The average molecular weight is 293 g/mol. The molecule has 1 N–H and O–H groups in total. The highest BCUT2D eigenvalue weighted by Gasteiger charge is 2.29. The fourth-order valence-electron chi connectivity index (χ4n) is 2.76. The first-order valence-corrected chi connectivity index (χ1v) is 7.93. The van der Waals surface area contributed by atoms with E-state index in [9.17, 15) is 9.90 Å². The molecular weight excluding hydrogens is 266 g/mol. The fraction of sp³-hybridized carbons (Fsp3) is 0.750. The predicted octanol–water partition coefficient (Wildman–Crippen LogP) is 2.40. The van der Waals surface area contributed by atoms with E-state index in [2.05, 4.69) is 18.9 Å². The van der Waals surface area contributed by atoms with Gasteiger partial charge in [-0.25, -0.2) is 0 Å². The Morgan fingerprint density at radius 2 is 2.14 bits per heavy atom. The van der Waals surface area contributed by atoms with Crippen LogP contribution in [0.4, 0.5) is 0 Å². The molecular formula is C16H27N3O2. The molecule has 2 rings (SSSR count). The zero-order valence-corrected chi connectivity index (χ0v) is 13.6. The summed E-state index contributed by atoms with van der Waals surface area (Å²) in [5.74, 6) is 0.350. The molecule has 0 spiro atoms. The zero-order valence-electron chi connectivity index (χ0n) is 13.6. The molecule has 1 fully saturated rings. The van der Waals surface area contributed by atoms with Gasteiger partial charge in [-0.15, -0.1) is 0 Å². The lowest BCUT2D eigenvalue weighted by molar-refractivity contribution is 0.0436. The van der Waals surface area contributed by atoms with Gasteiger partial charge in [0.2, 0.25) is 0 Å². The van der Waals surface area contributed by atoms with E-state index in [0.717, 1.165) is 18.5 Å². The first-order valence-electron chi connectivity index (χ1n) is 7.93. The molecule has 1 aromatic rings. The van der Waals surface area contributed by atoms with Crippen LogP contribution in [0, 0.1) is 0 Å². The summed E-state index contributed by atoms with van der Waals surface area (Å²) >= 11 is 0. The minimum Gasteiger partial charge on any atom is -0.390 e. The Bertz CT molecular complexity index is 506. The number of likely N-dealkylation sites (tertiary alicyclic amines) is 1. The minimum absolute atomic E-state index is 0.0361. The van der Waals surface area contributed by atoms with Crippen molar-refractivity contribution in [3.63, 3.8) is 0 Å². The highest BCUT2D eigenvalue weighted by Crippen LogP contribution is 2.23. The number of amides is 1. The molecule has 2 heterocycles. The third kappa shape index (κ3) is 3.64. The average Bonchev–Trinajstić information content (AvgIpc) is 2.77. The van der Waals surface area contributed by atoms with Gasteiger partial charge in [0.05, 0.1) is 11.3 Å². The first kappa shape index (κ1) is 16.0. The highest BCUT2D eigenvalue weighted by molar-refractivity contribution is 5.92. The molecule has 1 unspecified atom stereocenters. The molecule has 1 atom stereocenters. The van der Waals surface area contributed by atoms with Crippen LogP contribution in [0.2, 0.25) is 0 Å². The van der Waals surface area contributed by atoms with E-state index < -0.39 is 5.60 Å². The van der Waals surface area contributed by atoms with E-state index in [1.807, 2.05) is 24.8 Å². The van der Waals surface area contributed by atoms with E-state index in [0.29, 0.717) is 37.7 Å². The maximum Gasteiger partial charge on any atom is 0.272 e. The number of aliphatic hydroxyl groups is 1. The van der Waals surface area contributed by atoms with Crippen LogP contribution in [0.1, 0.15) is 69.1 Å². The maximum absolute atomic E-state index is 12.8. The van der Waals surface area contributed by atoms with E-state index >= 15 is 0 Å². The summed E-state index contributed by atoms with van der Waals surface area (Å²) in [6, 6.07) is 1.92. The molecule has 5 heteroatoms. The third-order valence-electron chi connectivity index (χ3n) is 4.26. The van der Waals surface area contributed by atoms with Gasteiger partial charge in [0, 0.05) is 19.6 Å². The van der Waals surface area contributed by atoms with Gasteiger partial charge in [0.15, 0.2) is 0 Å². The van der Waals surface area contributed by atoms with Crippen molar-refractivity contribution in [3.05, 3.63) is 17.5 Å². The lowest BCUT2D eigenvalue weighted by atomic mass is 9.98. The molecule has 21 heavy (non-hydrogen) atoms. The second-order valence-electron chi connectivity index (χ2n) is 6.57. The fourth-order valence-corrected chi connectivity index (χ4v) is 2.76. The molecule has 0 aliphatic carbocycles. The number of nitrogens with zero attached hydrogens (tertiary/aromatic N) is 3. The van der Waals surface area contributed by atoms with E-state index in [1.165, 1.54) is 0 Å². The van der Waals surface area contributed by atoms with Gasteiger partial charge in [-0.05, 0) is 45.1 Å². The number of hydrogen-bond acceptors (Lipinski definition) is 3. The second kappa shape index (κ2) is 6.18. The van der Waals surface area contributed by atoms with Gasteiger partial charge < -0.3 is 10.0 Å². The minimum atomic E-state index is -0.650. The van der Waals surface area contributed by atoms with E-state index in [-0.39, 0.29) is 5.91 Å². The summed E-state index contributed by atoms with van der Waals surface area (Å²) in [5, 5.41) is 14.7. The summed E-state index contributed by atoms with van der Waals surface area (Å²) in [6.07, 6.45) is 2.23. The van der Waals surface area contributed by atoms with Crippen molar-refractivity contribution in [1.82, 2.24) is 14.7 Å². The Kier molecular flexibility index (Phi) is 4.71. The number of aryl methyl sites for hydroxylation is 1. The SMILES string of the molecule is CCn1nc(C(C)C)cc1C(=O)N1CCCC(C)(O)CC1. The van der Waals surface area contributed by atoms with Crippen LogP contribution in [0.5, 0.6) is 0 Å². The van der Waals surface area contributed by atoms with Crippen molar-refractivity contribution in [2.24, 2.45) is 0 Å². The van der Waals surface area contributed by atoms with Crippen molar-refractivity contribution in [2.75, 3.05) is 13.1 Å². The Morgan fingerprint density at radius 3 is 2.76 bits per heavy atom. The molecule has 0 radical (unpaired) electrons. The monoisotopic (exact) mass is 293 g/mol. The highest BCUT2D eigenvalue weighted by atomic mass is 16.3. The molecule has 0 bridgehead atoms. The normalized spacial score (nSPS) is 23.4. The van der Waals surface area contributed by atoms with Crippen LogP contribution in [0.3, 0.4) is 0 Å². The number of hydrogen-bond donors (Lipinski definition) is 1. The summed E-state index contributed by atoms with van der Waals surface area (Å²) in [4.78, 5) is 14.6. The van der Waals surface area contributed by atoms with Crippen LogP contribution < -0.4 is 0 Å². The number of aromatic nitrogens is 2. The van der Waals surface area contributed by atoms with Crippen LogP contribution in [-0.4, -0.2) is 44.4 Å². The Morgan fingerprint density at radius 1 is 1.43 bits per heavy atom. The Balaban J connectivity index is 2.19. The molecule has 1 aliphatic heterocycles. The topological polar surface area (TPSA) is 58.4 Å². The Hall–Kier alpha value is -1.36. The van der Waals surface area contributed by atoms with Crippen LogP contribution in [-0.2, 0) is 6.54 Å². The van der Waals surface area contributed by atoms with Gasteiger partial charge in [-0.2, -0.15) is 5.10 Å². The van der Waals surface area contributed by atoms with Crippen molar-refractivity contribution in [2.45, 2.75) is 65.0 Å². The number of carbonyl (C=O) groups is 1. The molecule has 1 aliphatic rings. The molecule has 0 aromatic carbocycles. The molecule has 5 nitrogen and oxygen atoms in total. The van der Waals surface area contributed by atoms with Gasteiger partial charge in [-0.1, -0.05) is 13.8 Å². The Labute approximate surface area is 126 Å². The van der Waals surface area contributed by atoms with Gasteiger partial charge in [0.25, 0.3) is 5.91 Å². The third-order valence-corrected chi connectivity index (χ3v) is 4.26. The molecule has 118 valence electrons. The van der Waals surface area contributed by atoms with E-state index in [4.69, 9.17) is 0 Å². The first-order chi connectivity index (χ1) is 9.84. The summed E-state index contributed by atoms with van der Waals surface area (Å²) in [7, 11) is 0. The van der Waals surface area contributed by atoms with Crippen LogP contribution >= 0.6 is 0 Å². The largest absolute Gasteiger partial charge is 0.390 e. The number of rotatable bonds is 3. The summed E-state index contributed by atoms with van der Waals surface area (Å²) in [5.41, 5.74) is 0.980. The van der Waals surface area contributed by atoms with Crippen molar-refractivity contribution >= 4 is 5.91 Å². The van der Waals surface area contributed by atoms with Crippen molar-refractivity contribution in [1.29, 1.82) is 0 Å². The number of carbonyl (C=O) groups excluding carboxylic acids is 1. The van der Waals surface area contributed by atoms with Crippen LogP contribution in [0.25, 0.3) is 0 Å². The van der Waals surface area contributed by atoms with Gasteiger partial charge in [-0.3, -0.25) is 9.48 Å². The van der Waals surface area contributed by atoms with E-state index in [1.54, 1.807) is 4.68 Å². The lowest BCUT2D eigenvalue weighted by Gasteiger charge is -2.22. The van der Waals surface area contributed by atoms with Crippen molar-refractivity contribution in [3.8, 4) is 0 Å². The molecule has 1 aromatic heterocycles. The van der Waals surface area contributed by atoms with Crippen molar-refractivity contribution < 1.29 is 9.90 Å². The predicted molar refractivity (Wildman–Crippen MR) is 82.4 cm³/mol. The van der Waals surface area contributed by atoms with Gasteiger partial charge >= 0.3 is 0 Å². The molecule has 1 amide bonds. The molecule has 1 saturated heterocycles. The maximum atomic E-state index is 12.8. The molecule has 0 saturated carbocycles. The van der Waals surface area contributed by atoms with Crippen LogP contribution in [0.15, 0.2) is 6.07 Å². The second-order valence-corrected chi connectivity index (χ2v) is 6.57. The summed E-state index contributed by atoms with van der Waals surface area (Å²) < 4.78 is 1.79. The summed E-state index contributed by atoms with van der Waals surface area (Å²) in [6.45, 7) is 10.0. The standard InChI is InChI=1S/C16H27N3O2/c1-5-19-14(11-13(17-19)12(2)3)15(20)18-9-6-7-16(4,21)8-10-18/h11-12,21H,5-10H2,1-4H3.